The van der Waals surface area contributed by atoms with Crippen LogP contribution in [0, 0.1) is 5.82 Å². The lowest BCUT2D eigenvalue weighted by atomic mass is 9.95. The number of halogens is 1. The third-order valence-corrected chi connectivity index (χ3v) is 7.59. The summed E-state index contributed by atoms with van der Waals surface area (Å²) in [7, 11) is 0. The van der Waals surface area contributed by atoms with E-state index >= 15 is 4.39 Å². The predicted octanol–water partition coefficient (Wildman–Crippen LogP) is 3.96. The van der Waals surface area contributed by atoms with Crippen LogP contribution >= 0.6 is 0 Å². The number of nitrogens with zero attached hydrogens (tertiary/aromatic N) is 3. The van der Waals surface area contributed by atoms with Gasteiger partial charge in [-0.3, -0.25) is 23.6 Å². The summed E-state index contributed by atoms with van der Waals surface area (Å²) >= 11 is 0. The maximum Gasteiger partial charge on any atom is 0.331 e. The smallest absolute Gasteiger partial charge is 0.331 e. The number of carbonyl (C=O) groups is 1. The number of benzene rings is 1. The normalized spacial score (nSPS) is 17.6. The van der Waals surface area contributed by atoms with Crippen molar-refractivity contribution in [2.45, 2.75) is 96.3 Å². The molecule has 1 heterocycles. The Kier molecular flexibility index (Phi) is 7.94. The van der Waals surface area contributed by atoms with Gasteiger partial charge in [0.05, 0.1) is 23.1 Å². The molecule has 192 valence electrons. The number of aromatic nitrogens is 2. The molecule has 0 amide bonds. The molecule has 0 aliphatic heterocycles. The number of hydrogen-bond donors (Lipinski definition) is 2. The summed E-state index contributed by atoms with van der Waals surface area (Å²) in [6.45, 7) is 3.86. The largest absolute Gasteiger partial charge is 0.480 e. The fraction of sp³-hybridized carbons (Fsp3) is 0.654. The summed E-state index contributed by atoms with van der Waals surface area (Å²) in [4.78, 5) is 40.0. The number of aliphatic carboxylic acids is 1. The summed E-state index contributed by atoms with van der Waals surface area (Å²) < 4.78 is 18.0. The second-order valence-electron chi connectivity index (χ2n) is 10.3. The van der Waals surface area contributed by atoms with Crippen molar-refractivity contribution in [1.29, 1.82) is 0 Å². The first-order valence-corrected chi connectivity index (χ1v) is 13.0. The van der Waals surface area contributed by atoms with E-state index in [1.807, 2.05) is 13.8 Å². The zero-order valence-corrected chi connectivity index (χ0v) is 20.8. The number of fused-ring (bicyclic) bond motifs is 1. The minimum absolute atomic E-state index is 0.0370. The van der Waals surface area contributed by atoms with Crippen LogP contribution in [0.2, 0.25) is 0 Å². The Bertz CT molecular complexity index is 1180. The topological polar surface area (TPSA) is 96.6 Å². The van der Waals surface area contributed by atoms with Crippen molar-refractivity contribution in [1.82, 2.24) is 14.0 Å². The number of nitrogens with one attached hydrogen (secondary N) is 1. The van der Waals surface area contributed by atoms with Gasteiger partial charge in [0.2, 0.25) is 0 Å². The molecule has 2 N–H and O–H groups in total. The standard InChI is InChI=1S/C26H37FN4O4/c1-17(2)29(16-24(32)33)12-13-30-25(34)20-14-21(27)22(28-18-8-4-3-5-9-18)15-23(20)31(26(30)35)19-10-6-7-11-19/h14-15,17-19,28H,3-13,16H2,1-2H3,(H,32,33). The van der Waals surface area contributed by atoms with Gasteiger partial charge in [-0.1, -0.05) is 32.1 Å². The van der Waals surface area contributed by atoms with E-state index < -0.39 is 23.0 Å². The van der Waals surface area contributed by atoms with Gasteiger partial charge in [-0.15, -0.1) is 0 Å². The van der Waals surface area contributed by atoms with Crippen LogP contribution in [0.4, 0.5) is 10.1 Å². The second-order valence-corrected chi connectivity index (χ2v) is 10.3. The summed E-state index contributed by atoms with van der Waals surface area (Å²) in [5.74, 6) is -1.45. The molecule has 0 saturated heterocycles. The van der Waals surface area contributed by atoms with Crippen molar-refractivity contribution in [3.63, 3.8) is 0 Å². The molecule has 1 aromatic carbocycles. The third kappa shape index (κ3) is 5.60. The first-order chi connectivity index (χ1) is 16.8. The van der Waals surface area contributed by atoms with E-state index in [-0.39, 0.29) is 43.1 Å². The van der Waals surface area contributed by atoms with Crippen molar-refractivity contribution < 1.29 is 14.3 Å². The van der Waals surface area contributed by atoms with Crippen molar-refractivity contribution in [2.75, 3.05) is 18.4 Å². The van der Waals surface area contributed by atoms with E-state index in [4.69, 9.17) is 0 Å². The maximum atomic E-state index is 15.2. The van der Waals surface area contributed by atoms with E-state index in [1.54, 1.807) is 15.5 Å². The molecule has 0 unspecified atom stereocenters. The van der Waals surface area contributed by atoms with Crippen LogP contribution in [-0.4, -0.2) is 50.3 Å². The number of rotatable bonds is 9. The van der Waals surface area contributed by atoms with Gasteiger partial charge in [0.15, 0.2) is 0 Å². The molecule has 8 nitrogen and oxygen atoms in total. The molecule has 0 radical (unpaired) electrons. The van der Waals surface area contributed by atoms with Crippen LogP contribution < -0.4 is 16.6 Å². The van der Waals surface area contributed by atoms with Gasteiger partial charge < -0.3 is 10.4 Å². The summed E-state index contributed by atoms with van der Waals surface area (Å²) in [5, 5.41) is 12.7. The number of carboxylic acid groups (broad SMARTS) is 1. The van der Waals surface area contributed by atoms with Crippen molar-refractivity contribution in [2.24, 2.45) is 0 Å². The quantitative estimate of drug-likeness (QED) is 0.555. The molecule has 2 saturated carbocycles. The highest BCUT2D eigenvalue weighted by Crippen LogP contribution is 2.32. The highest BCUT2D eigenvalue weighted by atomic mass is 19.1. The molecule has 9 heteroatoms. The van der Waals surface area contributed by atoms with Crippen molar-refractivity contribution in [3.05, 3.63) is 38.8 Å². The highest BCUT2D eigenvalue weighted by Gasteiger charge is 2.25. The lowest BCUT2D eigenvalue weighted by Gasteiger charge is -2.26. The molecule has 0 bridgehead atoms. The van der Waals surface area contributed by atoms with Crippen LogP contribution in [0.25, 0.3) is 10.9 Å². The first kappa shape index (κ1) is 25.4. The van der Waals surface area contributed by atoms with E-state index in [9.17, 15) is 19.5 Å². The molecule has 35 heavy (non-hydrogen) atoms. The lowest BCUT2D eigenvalue weighted by Crippen LogP contribution is -2.45. The molecule has 0 spiro atoms. The molecule has 2 aliphatic carbocycles. The summed E-state index contributed by atoms with van der Waals surface area (Å²) in [5.41, 5.74) is -0.0979. The van der Waals surface area contributed by atoms with Gasteiger partial charge in [-0.2, -0.15) is 0 Å². The number of hydrogen-bond acceptors (Lipinski definition) is 5. The van der Waals surface area contributed by atoms with Crippen molar-refractivity contribution >= 4 is 22.6 Å². The lowest BCUT2D eigenvalue weighted by molar-refractivity contribution is -0.138. The van der Waals surface area contributed by atoms with Crippen molar-refractivity contribution in [3.8, 4) is 0 Å². The minimum Gasteiger partial charge on any atom is -0.480 e. The first-order valence-electron chi connectivity index (χ1n) is 13.0. The van der Waals surface area contributed by atoms with Crippen LogP contribution in [0.3, 0.4) is 0 Å². The van der Waals surface area contributed by atoms with Crippen LogP contribution in [0.5, 0.6) is 0 Å². The maximum absolute atomic E-state index is 15.2. The van der Waals surface area contributed by atoms with Gasteiger partial charge in [-0.05, 0) is 51.7 Å². The molecule has 2 aromatic rings. The molecule has 1 aromatic heterocycles. The van der Waals surface area contributed by atoms with Gasteiger partial charge >= 0.3 is 11.7 Å². The van der Waals surface area contributed by atoms with Crippen LogP contribution in [0.1, 0.15) is 77.7 Å². The highest BCUT2D eigenvalue weighted by molar-refractivity contribution is 5.82. The Morgan fingerprint density at radius 1 is 1.11 bits per heavy atom. The average molecular weight is 489 g/mol. The Balaban J connectivity index is 1.77. The van der Waals surface area contributed by atoms with Crippen LogP contribution in [0.15, 0.2) is 21.7 Å². The molecule has 0 atom stereocenters. The molecule has 2 aliphatic rings. The number of carboxylic acids is 1. The molecule has 2 fully saturated rings. The monoisotopic (exact) mass is 488 g/mol. The van der Waals surface area contributed by atoms with Crippen LogP contribution in [-0.2, 0) is 11.3 Å². The fourth-order valence-corrected chi connectivity index (χ4v) is 5.61. The van der Waals surface area contributed by atoms with E-state index in [0.717, 1.165) is 55.9 Å². The van der Waals surface area contributed by atoms with E-state index in [2.05, 4.69) is 5.32 Å². The molecular formula is C26H37FN4O4. The van der Waals surface area contributed by atoms with Gasteiger partial charge in [0, 0.05) is 31.2 Å². The second kappa shape index (κ2) is 10.9. The van der Waals surface area contributed by atoms with Gasteiger partial charge in [-0.25, -0.2) is 9.18 Å². The Labute approximate surface area is 204 Å². The van der Waals surface area contributed by atoms with E-state index in [1.165, 1.54) is 12.5 Å². The Morgan fingerprint density at radius 2 is 1.77 bits per heavy atom. The van der Waals surface area contributed by atoms with Gasteiger partial charge in [0.25, 0.3) is 5.56 Å². The zero-order chi connectivity index (χ0) is 25.1. The number of anilines is 1. The summed E-state index contributed by atoms with van der Waals surface area (Å²) in [6.07, 6.45) is 9.07. The van der Waals surface area contributed by atoms with E-state index in [0.29, 0.717) is 11.2 Å². The molecule has 4 rings (SSSR count). The SMILES string of the molecule is CC(C)N(CCn1c(=O)c2cc(F)c(NC3CCCCC3)cc2n(C2CCCC2)c1=O)CC(=O)O. The average Bonchev–Trinajstić information content (AvgIpc) is 3.34. The predicted molar refractivity (Wildman–Crippen MR) is 135 cm³/mol. The Hall–Kier alpha value is -2.68. The Morgan fingerprint density at radius 3 is 2.40 bits per heavy atom. The van der Waals surface area contributed by atoms with Gasteiger partial charge in [0.1, 0.15) is 5.82 Å². The fourth-order valence-electron chi connectivity index (χ4n) is 5.61. The summed E-state index contributed by atoms with van der Waals surface area (Å²) in [6, 6.07) is 3.01. The third-order valence-electron chi connectivity index (χ3n) is 7.59. The molecular weight excluding hydrogens is 451 g/mol. The minimum atomic E-state index is -0.965. The zero-order valence-electron chi connectivity index (χ0n) is 20.8.